The Morgan fingerprint density at radius 3 is 1.86 bits per heavy atom. The fourth-order valence-corrected chi connectivity index (χ4v) is 5.83. The average molecular weight is 292 g/mol. The van der Waals surface area contributed by atoms with Gasteiger partial charge in [0.15, 0.2) is 0 Å². The molecule has 0 spiro atoms. The molecule has 0 amide bonds. The van der Waals surface area contributed by atoms with Crippen molar-refractivity contribution < 1.29 is 0 Å². The van der Waals surface area contributed by atoms with Crippen LogP contribution in [0.25, 0.3) is 0 Å². The Kier molecular flexibility index (Phi) is 3.99. The van der Waals surface area contributed by atoms with Crippen LogP contribution in [-0.4, -0.2) is 6.30 Å². The van der Waals surface area contributed by atoms with Crippen LogP contribution < -0.4 is 10.6 Å². The molecular formula is C20H21P. The maximum atomic E-state index is 4.75. The van der Waals surface area contributed by atoms with E-state index in [4.69, 9.17) is 6.30 Å². The van der Waals surface area contributed by atoms with Crippen molar-refractivity contribution in [2.75, 3.05) is 0 Å². The maximum Gasteiger partial charge on any atom is -0.0166 e. The Bertz CT molecular complexity index is 665. The molecule has 1 unspecified atom stereocenters. The van der Waals surface area contributed by atoms with Gasteiger partial charge >= 0.3 is 0 Å². The number of rotatable bonds is 3. The zero-order valence-corrected chi connectivity index (χ0v) is 13.3. The third kappa shape index (κ3) is 2.69. The first kappa shape index (κ1) is 14.2. The summed E-state index contributed by atoms with van der Waals surface area (Å²) in [5, 5.41) is 4.10. The van der Waals surface area contributed by atoms with Gasteiger partial charge in [-0.2, -0.15) is 0 Å². The van der Waals surface area contributed by atoms with Gasteiger partial charge in [0.1, 0.15) is 0 Å². The van der Waals surface area contributed by atoms with E-state index >= 15 is 0 Å². The van der Waals surface area contributed by atoms with Gasteiger partial charge in [-0.25, -0.2) is 0 Å². The third-order valence-electron chi connectivity index (χ3n) is 4.13. The molecule has 2 aromatic rings. The Hall–Kier alpha value is -1.78. The summed E-state index contributed by atoms with van der Waals surface area (Å²) in [6, 6.07) is 21.5. The molecule has 1 heteroatoms. The van der Waals surface area contributed by atoms with Crippen molar-refractivity contribution in [2.45, 2.75) is 13.3 Å². The van der Waals surface area contributed by atoms with E-state index in [-0.39, 0.29) is 0 Å². The fourth-order valence-electron chi connectivity index (χ4n) is 2.81. The minimum atomic E-state index is -1.75. The summed E-state index contributed by atoms with van der Waals surface area (Å²) in [7, 11) is 0. The van der Waals surface area contributed by atoms with Crippen LogP contribution in [0.1, 0.15) is 13.3 Å². The molecule has 0 N–H and O–H groups in total. The van der Waals surface area contributed by atoms with Gasteiger partial charge in [-0.1, -0.05) is 92.1 Å². The second kappa shape index (κ2) is 5.92. The minimum absolute atomic E-state index is 0.633. The summed E-state index contributed by atoms with van der Waals surface area (Å²) < 4.78 is 0. The first-order chi connectivity index (χ1) is 10.2. The molecule has 2 aromatic carbocycles. The Balaban J connectivity index is 2.17. The van der Waals surface area contributed by atoms with Crippen molar-refractivity contribution in [2.24, 2.45) is 5.92 Å². The predicted molar refractivity (Wildman–Crippen MR) is 97.2 cm³/mol. The van der Waals surface area contributed by atoms with Crippen LogP contribution in [-0.2, 0) is 0 Å². The predicted octanol–water partition coefficient (Wildman–Crippen LogP) is 4.57. The van der Waals surface area contributed by atoms with Crippen LogP contribution >= 0.6 is 6.89 Å². The van der Waals surface area contributed by atoms with Gasteiger partial charge in [0.2, 0.25) is 0 Å². The van der Waals surface area contributed by atoms with Crippen molar-refractivity contribution in [3.05, 3.63) is 84.2 Å². The highest BCUT2D eigenvalue weighted by molar-refractivity contribution is 7.90. The molecular weight excluding hydrogens is 271 g/mol. The molecule has 1 atom stereocenters. The lowest BCUT2D eigenvalue weighted by molar-refractivity contribution is 0.735. The van der Waals surface area contributed by atoms with E-state index in [9.17, 15) is 0 Å². The highest BCUT2D eigenvalue weighted by Crippen LogP contribution is 2.52. The lowest BCUT2D eigenvalue weighted by atomic mass is 10.0. The summed E-state index contributed by atoms with van der Waals surface area (Å²) >= 11 is 0. The van der Waals surface area contributed by atoms with Gasteiger partial charge < -0.3 is 0 Å². The lowest BCUT2D eigenvalue weighted by Gasteiger charge is -2.29. The summed E-state index contributed by atoms with van der Waals surface area (Å²) in [5.74, 6) is 0.633. The molecule has 0 saturated heterocycles. The van der Waals surface area contributed by atoms with Gasteiger partial charge in [-0.3, -0.25) is 0 Å². The topological polar surface area (TPSA) is 0 Å². The Morgan fingerprint density at radius 2 is 1.43 bits per heavy atom. The van der Waals surface area contributed by atoms with Crippen molar-refractivity contribution in [1.82, 2.24) is 0 Å². The Morgan fingerprint density at radius 1 is 0.905 bits per heavy atom. The van der Waals surface area contributed by atoms with Gasteiger partial charge in [0.25, 0.3) is 0 Å². The van der Waals surface area contributed by atoms with E-state index in [1.165, 1.54) is 15.9 Å². The van der Waals surface area contributed by atoms with Crippen molar-refractivity contribution in [3.8, 4) is 0 Å². The highest BCUT2D eigenvalue weighted by atomic mass is 31.2. The van der Waals surface area contributed by atoms with Crippen LogP contribution in [0.2, 0.25) is 0 Å². The number of hydrogen-bond acceptors (Lipinski definition) is 0. The normalized spacial score (nSPS) is 18.3. The largest absolute Gasteiger partial charge is 0.0887 e. The quantitative estimate of drug-likeness (QED) is 0.727. The molecule has 21 heavy (non-hydrogen) atoms. The van der Waals surface area contributed by atoms with E-state index in [2.05, 4.69) is 85.8 Å². The molecule has 0 saturated carbocycles. The van der Waals surface area contributed by atoms with Gasteiger partial charge in [0.05, 0.1) is 0 Å². The molecule has 0 bridgehead atoms. The van der Waals surface area contributed by atoms with Gasteiger partial charge in [-0.15, -0.1) is 0 Å². The highest BCUT2D eigenvalue weighted by Gasteiger charge is 2.23. The molecule has 1 aliphatic carbocycles. The molecule has 0 aliphatic heterocycles. The second-order valence-corrected chi connectivity index (χ2v) is 8.85. The van der Waals surface area contributed by atoms with E-state index < -0.39 is 6.89 Å². The summed E-state index contributed by atoms with van der Waals surface area (Å²) in [6.07, 6.45) is 12.9. The van der Waals surface area contributed by atoms with E-state index in [0.29, 0.717) is 5.92 Å². The number of hydrogen-bond donors (Lipinski definition) is 0. The van der Waals surface area contributed by atoms with E-state index in [1.54, 1.807) is 0 Å². The second-order valence-electron chi connectivity index (χ2n) is 5.68. The van der Waals surface area contributed by atoms with Crippen molar-refractivity contribution in [3.63, 3.8) is 0 Å². The fraction of sp³-hybridized carbons (Fsp3) is 0.150. The standard InChI is InChI=1S/C20H21P/c1-17-13-15-20(16-14-17)21(2,18-9-5-3-6-10-18)19-11-7-4-8-12-19/h3-13,15-17H,2,14H2,1H3. The zero-order valence-electron chi connectivity index (χ0n) is 12.4. The first-order valence-corrected chi connectivity index (χ1v) is 9.42. The molecule has 0 nitrogen and oxygen atoms in total. The number of allylic oxidation sites excluding steroid dienone is 4. The monoisotopic (exact) mass is 292 g/mol. The zero-order chi connectivity index (χ0) is 14.7. The molecule has 0 aromatic heterocycles. The van der Waals surface area contributed by atoms with Crippen LogP contribution in [0.4, 0.5) is 0 Å². The molecule has 0 heterocycles. The van der Waals surface area contributed by atoms with Gasteiger partial charge in [-0.05, 0) is 35.1 Å². The maximum absolute atomic E-state index is 4.75. The summed E-state index contributed by atoms with van der Waals surface area (Å²) in [6.45, 7) is 0.510. The average Bonchev–Trinajstić information content (AvgIpc) is 2.56. The van der Waals surface area contributed by atoms with Crippen molar-refractivity contribution in [1.29, 1.82) is 0 Å². The molecule has 0 radical (unpaired) electrons. The molecule has 1 aliphatic rings. The molecule has 0 fully saturated rings. The smallest absolute Gasteiger partial charge is 0.0166 e. The molecule has 106 valence electrons. The first-order valence-electron chi connectivity index (χ1n) is 7.45. The molecule has 3 rings (SSSR count). The SMILES string of the molecule is C=P(C1=CCC(C)C=C1)(c1ccccc1)c1ccccc1. The number of benzene rings is 2. The van der Waals surface area contributed by atoms with Gasteiger partial charge in [0, 0.05) is 0 Å². The minimum Gasteiger partial charge on any atom is -0.0887 e. The summed E-state index contributed by atoms with van der Waals surface area (Å²) in [5.41, 5.74) is 0. The van der Waals surface area contributed by atoms with Crippen LogP contribution in [0.15, 0.2) is 84.2 Å². The Labute approximate surface area is 127 Å². The van der Waals surface area contributed by atoms with E-state index in [1.807, 2.05) is 0 Å². The van der Waals surface area contributed by atoms with Crippen LogP contribution in [0.3, 0.4) is 0 Å². The van der Waals surface area contributed by atoms with Crippen molar-refractivity contribution >= 4 is 23.8 Å². The summed E-state index contributed by atoms with van der Waals surface area (Å²) in [4.78, 5) is 0. The third-order valence-corrected chi connectivity index (χ3v) is 7.70. The van der Waals surface area contributed by atoms with Crippen LogP contribution in [0, 0.1) is 5.92 Å². The lowest BCUT2D eigenvalue weighted by Crippen LogP contribution is -2.18. The van der Waals surface area contributed by atoms with Crippen LogP contribution in [0.5, 0.6) is 0 Å². The van der Waals surface area contributed by atoms with E-state index in [0.717, 1.165) is 6.42 Å².